The SMILES string of the molecule is CCNC(C)C1CCCN(S(=O)(=O)c2cc(Cl)sc2Cl)C1. The van der Waals surface area contributed by atoms with Crippen LogP contribution in [-0.4, -0.2) is 38.4 Å². The molecule has 0 aromatic carbocycles. The number of nitrogens with zero attached hydrogens (tertiary/aromatic N) is 1. The summed E-state index contributed by atoms with van der Waals surface area (Å²) in [5.41, 5.74) is 0. The van der Waals surface area contributed by atoms with Gasteiger partial charge in [0.25, 0.3) is 0 Å². The van der Waals surface area contributed by atoms with Crippen LogP contribution >= 0.6 is 34.5 Å². The van der Waals surface area contributed by atoms with Gasteiger partial charge >= 0.3 is 0 Å². The van der Waals surface area contributed by atoms with Gasteiger partial charge in [-0.05, 0) is 38.3 Å². The molecule has 8 heteroatoms. The molecule has 4 nitrogen and oxygen atoms in total. The van der Waals surface area contributed by atoms with Gasteiger partial charge in [-0.2, -0.15) is 4.31 Å². The summed E-state index contributed by atoms with van der Waals surface area (Å²) in [4.78, 5) is 0.135. The third-order valence-electron chi connectivity index (χ3n) is 3.90. The molecular weight excluding hydrogens is 351 g/mol. The fourth-order valence-corrected chi connectivity index (χ4v) is 6.38. The van der Waals surface area contributed by atoms with Gasteiger partial charge in [0, 0.05) is 19.1 Å². The van der Waals surface area contributed by atoms with Crippen LogP contribution in [0.1, 0.15) is 26.7 Å². The minimum Gasteiger partial charge on any atom is -0.314 e. The van der Waals surface area contributed by atoms with Crippen LogP contribution in [0, 0.1) is 5.92 Å². The first kappa shape index (κ1) is 17.5. The maximum absolute atomic E-state index is 12.7. The van der Waals surface area contributed by atoms with Gasteiger partial charge in [-0.1, -0.05) is 30.1 Å². The van der Waals surface area contributed by atoms with E-state index in [1.54, 1.807) is 4.31 Å². The molecule has 2 heterocycles. The quantitative estimate of drug-likeness (QED) is 0.863. The standard InChI is InChI=1S/C13H20Cl2N2O2S2/c1-3-16-9(2)10-5-4-6-17(8-10)21(18,19)11-7-12(14)20-13(11)15/h7,9-10,16H,3-6,8H2,1-2H3. The summed E-state index contributed by atoms with van der Waals surface area (Å²) in [6, 6.07) is 1.75. The largest absolute Gasteiger partial charge is 0.314 e. The number of hydrogen-bond acceptors (Lipinski definition) is 4. The summed E-state index contributed by atoms with van der Waals surface area (Å²) >= 11 is 13.0. The second-order valence-corrected chi connectivity index (χ2v) is 9.49. The molecule has 2 atom stereocenters. The Morgan fingerprint density at radius 2 is 2.24 bits per heavy atom. The van der Waals surface area contributed by atoms with Crippen LogP contribution in [0.3, 0.4) is 0 Å². The minimum atomic E-state index is -3.55. The van der Waals surface area contributed by atoms with Gasteiger partial charge in [-0.25, -0.2) is 8.42 Å². The summed E-state index contributed by atoms with van der Waals surface area (Å²) < 4.78 is 27.6. The zero-order chi connectivity index (χ0) is 15.6. The number of sulfonamides is 1. The Kier molecular flexibility index (Phi) is 5.96. The van der Waals surface area contributed by atoms with Gasteiger partial charge in [0.2, 0.25) is 10.0 Å². The Hall–Kier alpha value is 0.150. The summed E-state index contributed by atoms with van der Waals surface area (Å²) in [7, 11) is -3.55. The Balaban J connectivity index is 2.18. The Labute approximate surface area is 140 Å². The molecule has 0 saturated carbocycles. The zero-order valence-electron chi connectivity index (χ0n) is 12.1. The average Bonchev–Trinajstić information content (AvgIpc) is 2.79. The normalized spacial score (nSPS) is 22.4. The zero-order valence-corrected chi connectivity index (χ0v) is 15.2. The number of rotatable bonds is 5. The van der Waals surface area contributed by atoms with Crippen molar-refractivity contribution < 1.29 is 8.42 Å². The predicted molar refractivity (Wildman–Crippen MR) is 89.0 cm³/mol. The molecule has 1 aromatic rings. The van der Waals surface area contributed by atoms with E-state index in [1.807, 2.05) is 0 Å². The lowest BCUT2D eigenvalue weighted by Crippen LogP contribution is -2.46. The highest BCUT2D eigenvalue weighted by Crippen LogP contribution is 2.37. The highest BCUT2D eigenvalue weighted by molar-refractivity contribution is 7.89. The molecule has 0 spiro atoms. The smallest absolute Gasteiger partial charge is 0.245 e. The summed E-state index contributed by atoms with van der Waals surface area (Å²) in [5, 5.41) is 3.38. The molecule has 0 amide bonds. The van der Waals surface area contributed by atoms with Crippen molar-refractivity contribution in [3.63, 3.8) is 0 Å². The lowest BCUT2D eigenvalue weighted by atomic mass is 9.93. The number of halogens is 2. The Morgan fingerprint density at radius 1 is 1.52 bits per heavy atom. The van der Waals surface area contributed by atoms with E-state index in [2.05, 4.69) is 19.2 Å². The minimum absolute atomic E-state index is 0.135. The number of hydrogen-bond donors (Lipinski definition) is 1. The van der Waals surface area contributed by atoms with E-state index in [9.17, 15) is 8.42 Å². The Morgan fingerprint density at radius 3 is 2.81 bits per heavy atom. The molecule has 2 unspecified atom stereocenters. The maximum Gasteiger partial charge on any atom is 0.245 e. The van der Waals surface area contributed by atoms with E-state index >= 15 is 0 Å². The van der Waals surface area contributed by atoms with Gasteiger partial charge in [-0.3, -0.25) is 0 Å². The van der Waals surface area contributed by atoms with Crippen LogP contribution in [0.25, 0.3) is 0 Å². The van der Waals surface area contributed by atoms with Crippen molar-refractivity contribution in [2.45, 2.75) is 37.6 Å². The fourth-order valence-electron chi connectivity index (χ4n) is 2.73. The van der Waals surface area contributed by atoms with E-state index in [1.165, 1.54) is 6.07 Å². The predicted octanol–water partition coefficient (Wildman–Crippen LogP) is 3.45. The van der Waals surface area contributed by atoms with Gasteiger partial charge in [0.05, 0.1) is 4.34 Å². The summed E-state index contributed by atoms with van der Waals surface area (Å²) in [5.74, 6) is 0.321. The molecule has 1 aliphatic heterocycles. The second kappa shape index (κ2) is 7.15. The lowest BCUT2D eigenvalue weighted by molar-refractivity contribution is 0.225. The maximum atomic E-state index is 12.7. The molecule has 1 aliphatic rings. The van der Waals surface area contributed by atoms with Crippen molar-refractivity contribution in [2.75, 3.05) is 19.6 Å². The van der Waals surface area contributed by atoms with Crippen LogP contribution < -0.4 is 5.32 Å². The highest BCUT2D eigenvalue weighted by Gasteiger charge is 2.34. The van der Waals surface area contributed by atoms with Crippen LogP contribution in [0.15, 0.2) is 11.0 Å². The van der Waals surface area contributed by atoms with Crippen LogP contribution in [0.2, 0.25) is 8.67 Å². The molecule has 120 valence electrons. The van der Waals surface area contributed by atoms with Crippen molar-refractivity contribution >= 4 is 44.6 Å². The van der Waals surface area contributed by atoms with E-state index in [0.717, 1.165) is 30.7 Å². The molecule has 1 saturated heterocycles. The van der Waals surface area contributed by atoms with Crippen molar-refractivity contribution in [3.05, 3.63) is 14.7 Å². The van der Waals surface area contributed by atoms with Crippen LogP contribution in [0.5, 0.6) is 0 Å². The monoisotopic (exact) mass is 370 g/mol. The fraction of sp³-hybridized carbons (Fsp3) is 0.692. The number of piperidine rings is 1. The first-order valence-corrected chi connectivity index (χ1v) is 10.1. The summed E-state index contributed by atoms with van der Waals surface area (Å²) in [6.07, 6.45) is 1.91. The molecule has 0 bridgehead atoms. The second-order valence-electron chi connectivity index (χ2n) is 5.30. The van der Waals surface area contributed by atoms with E-state index < -0.39 is 10.0 Å². The number of thiophene rings is 1. The molecule has 21 heavy (non-hydrogen) atoms. The Bertz CT molecular complexity index is 589. The third kappa shape index (κ3) is 3.92. The van der Waals surface area contributed by atoms with Crippen LogP contribution in [0.4, 0.5) is 0 Å². The average molecular weight is 371 g/mol. The first-order valence-electron chi connectivity index (χ1n) is 7.04. The van der Waals surface area contributed by atoms with Crippen LogP contribution in [-0.2, 0) is 10.0 Å². The lowest BCUT2D eigenvalue weighted by Gasteiger charge is -2.35. The van der Waals surface area contributed by atoms with Crippen molar-refractivity contribution in [1.29, 1.82) is 0 Å². The summed E-state index contributed by atoms with van der Waals surface area (Å²) in [6.45, 7) is 6.12. The first-order chi connectivity index (χ1) is 9.86. The third-order valence-corrected chi connectivity index (χ3v) is 7.52. The topological polar surface area (TPSA) is 49.4 Å². The number of nitrogens with one attached hydrogen (secondary N) is 1. The van der Waals surface area contributed by atoms with E-state index in [-0.39, 0.29) is 9.23 Å². The molecule has 1 N–H and O–H groups in total. The van der Waals surface area contributed by atoms with Gasteiger partial charge in [0.15, 0.2) is 0 Å². The van der Waals surface area contributed by atoms with Gasteiger partial charge in [-0.15, -0.1) is 11.3 Å². The highest BCUT2D eigenvalue weighted by atomic mass is 35.5. The molecular formula is C13H20Cl2N2O2S2. The van der Waals surface area contributed by atoms with Gasteiger partial charge < -0.3 is 5.32 Å². The van der Waals surface area contributed by atoms with Crippen molar-refractivity contribution in [1.82, 2.24) is 9.62 Å². The van der Waals surface area contributed by atoms with Crippen molar-refractivity contribution in [3.8, 4) is 0 Å². The molecule has 0 aliphatic carbocycles. The molecule has 1 fully saturated rings. The van der Waals surface area contributed by atoms with Gasteiger partial charge in [0.1, 0.15) is 9.23 Å². The van der Waals surface area contributed by atoms with E-state index in [0.29, 0.717) is 29.4 Å². The molecule has 1 aromatic heterocycles. The molecule has 2 rings (SSSR count). The van der Waals surface area contributed by atoms with Crippen molar-refractivity contribution in [2.24, 2.45) is 5.92 Å². The molecule has 0 radical (unpaired) electrons. The van der Waals surface area contributed by atoms with E-state index in [4.69, 9.17) is 23.2 Å².